The van der Waals surface area contributed by atoms with Crippen molar-refractivity contribution in [1.29, 1.82) is 0 Å². The van der Waals surface area contributed by atoms with Crippen LogP contribution < -0.4 is 0 Å². The van der Waals surface area contributed by atoms with Gasteiger partial charge in [0.2, 0.25) is 0 Å². The molecule has 0 aliphatic carbocycles. The Kier molecular flexibility index (Phi) is 6.48. The maximum Gasteiger partial charge on any atom is 0.123 e. The smallest absolute Gasteiger partial charge is 0.123 e. The van der Waals surface area contributed by atoms with E-state index in [2.05, 4.69) is 0 Å². The van der Waals surface area contributed by atoms with Crippen LogP contribution in [0.3, 0.4) is 0 Å². The Bertz CT molecular complexity index is 131. The Balaban J connectivity index is 3.42. The number of hydrogen-bond donors (Lipinski definition) is 0. The summed E-state index contributed by atoms with van der Waals surface area (Å²) in [6, 6.07) is 0. The Morgan fingerprint density at radius 3 is 2.27 bits per heavy atom. The van der Waals surface area contributed by atoms with Crippen molar-refractivity contribution in [1.82, 2.24) is 0 Å². The number of hydrogen-bond acceptors (Lipinski definition) is 3. The van der Waals surface area contributed by atoms with Crippen molar-refractivity contribution >= 4 is 18.9 Å². The van der Waals surface area contributed by atoms with Crippen LogP contribution in [-0.2, 0) is 14.4 Å². The van der Waals surface area contributed by atoms with E-state index in [-0.39, 0.29) is 12.3 Å². The highest BCUT2D eigenvalue weighted by Crippen LogP contribution is 2.07. The Morgan fingerprint density at radius 1 is 1.09 bits per heavy atom. The van der Waals surface area contributed by atoms with Gasteiger partial charge in [-0.1, -0.05) is 0 Å². The Labute approximate surface area is 65.8 Å². The van der Waals surface area contributed by atoms with E-state index in [1.807, 2.05) is 0 Å². The van der Waals surface area contributed by atoms with Crippen LogP contribution in [0, 0.1) is 5.92 Å². The van der Waals surface area contributed by atoms with E-state index in [4.69, 9.17) is 0 Å². The van der Waals surface area contributed by atoms with Gasteiger partial charge in [0.1, 0.15) is 18.9 Å². The van der Waals surface area contributed by atoms with Gasteiger partial charge in [-0.25, -0.2) is 0 Å². The molecule has 0 aromatic rings. The van der Waals surface area contributed by atoms with Crippen LogP contribution >= 0.6 is 0 Å². The summed E-state index contributed by atoms with van der Waals surface area (Å²) in [6.45, 7) is 0. The fraction of sp³-hybridized carbons (Fsp3) is 0.625. The first-order chi connectivity index (χ1) is 5.35. The zero-order chi connectivity index (χ0) is 8.53. The van der Waals surface area contributed by atoms with Gasteiger partial charge in [-0.2, -0.15) is 0 Å². The summed E-state index contributed by atoms with van der Waals surface area (Å²) >= 11 is 0. The minimum atomic E-state index is -0.188. The summed E-state index contributed by atoms with van der Waals surface area (Å²) in [5, 5.41) is 0. The second-order valence-electron chi connectivity index (χ2n) is 2.40. The summed E-state index contributed by atoms with van der Waals surface area (Å²) < 4.78 is 0. The van der Waals surface area contributed by atoms with Gasteiger partial charge in [0.05, 0.1) is 0 Å². The SMILES string of the molecule is O=CCCCC(C=O)CC=O. The van der Waals surface area contributed by atoms with Gasteiger partial charge in [0.25, 0.3) is 0 Å². The summed E-state index contributed by atoms with van der Waals surface area (Å²) in [5.74, 6) is -0.188. The molecular weight excluding hydrogens is 144 g/mol. The van der Waals surface area contributed by atoms with Crippen LogP contribution in [0.5, 0.6) is 0 Å². The van der Waals surface area contributed by atoms with Crippen molar-refractivity contribution in [3.05, 3.63) is 0 Å². The van der Waals surface area contributed by atoms with Crippen LogP contribution in [0.1, 0.15) is 25.7 Å². The van der Waals surface area contributed by atoms with Gasteiger partial charge in [-0.15, -0.1) is 0 Å². The van der Waals surface area contributed by atoms with Gasteiger partial charge >= 0.3 is 0 Å². The molecule has 0 N–H and O–H groups in total. The molecule has 11 heavy (non-hydrogen) atoms. The lowest BCUT2D eigenvalue weighted by Gasteiger charge is -2.02. The van der Waals surface area contributed by atoms with E-state index in [0.29, 0.717) is 19.3 Å². The maximum atomic E-state index is 10.2. The highest BCUT2D eigenvalue weighted by atomic mass is 16.1. The monoisotopic (exact) mass is 156 g/mol. The molecule has 62 valence electrons. The summed E-state index contributed by atoms with van der Waals surface area (Å²) in [6.07, 6.45) is 4.43. The lowest BCUT2D eigenvalue weighted by atomic mass is 10.0. The van der Waals surface area contributed by atoms with E-state index in [1.165, 1.54) is 0 Å². The number of rotatable bonds is 7. The average molecular weight is 156 g/mol. The Morgan fingerprint density at radius 2 is 1.82 bits per heavy atom. The van der Waals surface area contributed by atoms with Gasteiger partial charge < -0.3 is 14.4 Å². The molecule has 0 heterocycles. The molecule has 0 rings (SSSR count). The lowest BCUT2D eigenvalue weighted by Crippen LogP contribution is -2.02. The fourth-order valence-corrected chi connectivity index (χ4v) is 0.828. The van der Waals surface area contributed by atoms with Gasteiger partial charge in [0, 0.05) is 18.8 Å². The normalized spacial score (nSPS) is 12.0. The second kappa shape index (κ2) is 7.12. The number of carbonyl (C=O) groups is 3. The van der Waals surface area contributed by atoms with E-state index < -0.39 is 0 Å². The Hall–Kier alpha value is -0.990. The third-order valence-electron chi connectivity index (χ3n) is 1.49. The predicted molar refractivity (Wildman–Crippen MR) is 40.2 cm³/mol. The molecule has 0 aromatic carbocycles. The van der Waals surface area contributed by atoms with Crippen LogP contribution in [0.15, 0.2) is 0 Å². The van der Waals surface area contributed by atoms with Crippen molar-refractivity contribution in [3.8, 4) is 0 Å². The highest BCUT2D eigenvalue weighted by molar-refractivity contribution is 5.61. The predicted octanol–water partition coefficient (Wildman–Crippen LogP) is 0.760. The molecule has 3 heteroatoms. The maximum absolute atomic E-state index is 10.2. The van der Waals surface area contributed by atoms with Crippen molar-refractivity contribution < 1.29 is 14.4 Å². The zero-order valence-electron chi connectivity index (χ0n) is 6.36. The zero-order valence-corrected chi connectivity index (χ0v) is 6.36. The second-order valence-corrected chi connectivity index (χ2v) is 2.40. The summed E-state index contributed by atoms with van der Waals surface area (Å²) in [7, 11) is 0. The van der Waals surface area contributed by atoms with Crippen molar-refractivity contribution in [3.63, 3.8) is 0 Å². The van der Waals surface area contributed by atoms with Gasteiger partial charge in [0.15, 0.2) is 0 Å². The van der Waals surface area contributed by atoms with E-state index in [0.717, 1.165) is 18.9 Å². The van der Waals surface area contributed by atoms with Crippen molar-refractivity contribution in [2.24, 2.45) is 5.92 Å². The minimum Gasteiger partial charge on any atom is -0.303 e. The van der Waals surface area contributed by atoms with Crippen LogP contribution in [-0.4, -0.2) is 18.9 Å². The lowest BCUT2D eigenvalue weighted by molar-refractivity contribution is -0.115. The summed E-state index contributed by atoms with van der Waals surface area (Å²) in [5.41, 5.74) is 0. The van der Waals surface area contributed by atoms with Crippen LogP contribution in [0.25, 0.3) is 0 Å². The molecule has 0 spiro atoms. The molecular formula is C8H12O3. The van der Waals surface area contributed by atoms with E-state index in [9.17, 15) is 14.4 Å². The molecule has 0 aliphatic heterocycles. The molecule has 0 aromatic heterocycles. The molecule has 0 saturated carbocycles. The first kappa shape index (κ1) is 10.0. The van der Waals surface area contributed by atoms with Crippen molar-refractivity contribution in [2.45, 2.75) is 25.7 Å². The fourth-order valence-electron chi connectivity index (χ4n) is 0.828. The van der Waals surface area contributed by atoms with E-state index in [1.54, 1.807) is 0 Å². The molecule has 0 aliphatic rings. The average Bonchev–Trinajstić information content (AvgIpc) is 2.03. The molecule has 0 saturated heterocycles. The topological polar surface area (TPSA) is 51.2 Å². The van der Waals surface area contributed by atoms with Crippen LogP contribution in [0.2, 0.25) is 0 Å². The number of unbranched alkanes of at least 4 members (excludes halogenated alkanes) is 1. The van der Waals surface area contributed by atoms with E-state index >= 15 is 0 Å². The summed E-state index contributed by atoms with van der Waals surface area (Å²) in [4.78, 5) is 30.1. The molecule has 0 bridgehead atoms. The molecule has 0 amide bonds. The number of aldehydes is 3. The minimum absolute atomic E-state index is 0.188. The molecule has 1 atom stereocenters. The molecule has 0 radical (unpaired) electrons. The van der Waals surface area contributed by atoms with Gasteiger partial charge in [-0.05, 0) is 12.8 Å². The number of carbonyl (C=O) groups excluding carboxylic acids is 3. The van der Waals surface area contributed by atoms with Gasteiger partial charge in [-0.3, -0.25) is 0 Å². The molecule has 0 fully saturated rings. The quantitative estimate of drug-likeness (QED) is 0.404. The third-order valence-corrected chi connectivity index (χ3v) is 1.49. The molecule has 1 unspecified atom stereocenters. The van der Waals surface area contributed by atoms with Crippen molar-refractivity contribution in [2.75, 3.05) is 0 Å². The standard InChI is InChI=1S/C8H12O3/c9-5-2-1-3-8(7-11)4-6-10/h5-8H,1-4H2. The highest BCUT2D eigenvalue weighted by Gasteiger charge is 2.04. The largest absolute Gasteiger partial charge is 0.303 e. The molecule has 3 nitrogen and oxygen atoms in total. The van der Waals surface area contributed by atoms with Crippen LogP contribution in [0.4, 0.5) is 0 Å². The first-order valence-electron chi connectivity index (χ1n) is 3.67. The first-order valence-corrected chi connectivity index (χ1v) is 3.67. The third kappa shape index (κ3) is 5.45.